The second-order valence-corrected chi connectivity index (χ2v) is 5.07. The van der Waals surface area contributed by atoms with Crippen molar-refractivity contribution in [3.8, 4) is 11.4 Å². The highest BCUT2D eigenvalue weighted by Gasteiger charge is 2.11. The fourth-order valence-electron chi connectivity index (χ4n) is 2.03. The van der Waals surface area contributed by atoms with Crippen LogP contribution in [0.4, 0.5) is 0 Å². The van der Waals surface area contributed by atoms with Gasteiger partial charge in [0.2, 0.25) is 5.82 Å². The minimum atomic E-state index is -0.336. The maximum absolute atomic E-state index is 11.7. The van der Waals surface area contributed by atoms with E-state index in [2.05, 4.69) is 15.2 Å². The molecule has 0 saturated carbocycles. The number of nitrogens with zero attached hydrogens (tertiary/aromatic N) is 4. The van der Waals surface area contributed by atoms with Crippen LogP contribution in [0.3, 0.4) is 0 Å². The number of rotatable bonds is 6. The van der Waals surface area contributed by atoms with E-state index >= 15 is 0 Å². The van der Waals surface area contributed by atoms with Crippen LogP contribution in [-0.2, 0) is 22.7 Å². The molecule has 7 nitrogen and oxygen atoms in total. The Kier molecular flexibility index (Phi) is 4.46. The maximum atomic E-state index is 11.7. The second-order valence-electron chi connectivity index (χ2n) is 5.07. The van der Waals surface area contributed by atoms with Crippen molar-refractivity contribution in [2.24, 2.45) is 0 Å². The van der Waals surface area contributed by atoms with E-state index in [1.807, 2.05) is 43.5 Å². The molecule has 0 radical (unpaired) electrons. The zero-order chi connectivity index (χ0) is 16.1. The number of aromatic nitrogens is 4. The molecule has 7 heteroatoms. The monoisotopic (exact) mass is 312 g/mol. The van der Waals surface area contributed by atoms with Crippen molar-refractivity contribution in [1.82, 2.24) is 19.9 Å². The molecule has 2 aromatic heterocycles. The third-order valence-corrected chi connectivity index (χ3v) is 3.16. The highest BCUT2D eigenvalue weighted by molar-refractivity contribution is 5.69. The number of aryl methyl sites for hydroxylation is 2. The van der Waals surface area contributed by atoms with Crippen molar-refractivity contribution in [2.75, 3.05) is 0 Å². The summed E-state index contributed by atoms with van der Waals surface area (Å²) in [6.07, 6.45) is 3.85. The van der Waals surface area contributed by atoms with Crippen LogP contribution in [0, 0.1) is 6.92 Å². The molecule has 0 atom stereocenters. The smallest absolute Gasteiger partial charge is 0.308 e. The summed E-state index contributed by atoms with van der Waals surface area (Å²) in [5.74, 6) is 0.411. The first-order chi connectivity index (χ1) is 11.2. The van der Waals surface area contributed by atoms with Crippen molar-refractivity contribution in [2.45, 2.75) is 26.5 Å². The molecule has 0 unspecified atom stereocenters. The lowest BCUT2D eigenvalue weighted by atomic mass is 10.2. The molecule has 2 heterocycles. The molecule has 3 rings (SSSR count). The van der Waals surface area contributed by atoms with Crippen molar-refractivity contribution in [1.29, 1.82) is 0 Å². The van der Waals surface area contributed by atoms with Gasteiger partial charge in [-0.15, -0.1) is 0 Å². The summed E-state index contributed by atoms with van der Waals surface area (Å²) in [6.45, 7) is 2.39. The van der Waals surface area contributed by atoms with E-state index in [0.29, 0.717) is 12.4 Å². The van der Waals surface area contributed by atoms with Crippen LogP contribution in [0.5, 0.6) is 0 Å². The Morgan fingerprint density at radius 2 is 2.13 bits per heavy atom. The SMILES string of the molecule is Cc1cnn(CCC(=O)OCc2nc(-c3ccccc3)no2)c1. The van der Waals surface area contributed by atoms with Crippen LogP contribution in [0.1, 0.15) is 17.9 Å². The number of esters is 1. The summed E-state index contributed by atoms with van der Waals surface area (Å²) in [5.41, 5.74) is 1.90. The molecule has 0 aliphatic carbocycles. The Labute approximate surface area is 132 Å². The Morgan fingerprint density at radius 3 is 2.87 bits per heavy atom. The molecule has 1 aromatic carbocycles. The van der Waals surface area contributed by atoms with Gasteiger partial charge >= 0.3 is 5.97 Å². The van der Waals surface area contributed by atoms with Gasteiger partial charge in [0.05, 0.1) is 19.2 Å². The van der Waals surface area contributed by atoms with Crippen LogP contribution in [0.2, 0.25) is 0 Å². The topological polar surface area (TPSA) is 83.0 Å². The van der Waals surface area contributed by atoms with Crippen LogP contribution in [0.25, 0.3) is 11.4 Å². The Balaban J connectivity index is 1.48. The summed E-state index contributed by atoms with van der Waals surface area (Å²) in [5, 5.41) is 7.98. The molecule has 3 aromatic rings. The fourth-order valence-corrected chi connectivity index (χ4v) is 2.03. The highest BCUT2D eigenvalue weighted by atomic mass is 16.6. The minimum absolute atomic E-state index is 0.0310. The first-order valence-corrected chi connectivity index (χ1v) is 7.23. The molecule has 23 heavy (non-hydrogen) atoms. The van der Waals surface area contributed by atoms with Crippen molar-refractivity contribution in [3.63, 3.8) is 0 Å². The summed E-state index contributed by atoms with van der Waals surface area (Å²) in [7, 11) is 0. The maximum Gasteiger partial charge on any atom is 0.308 e. The average Bonchev–Trinajstić information content (AvgIpc) is 3.21. The third kappa shape index (κ3) is 4.03. The Bertz CT molecular complexity index is 779. The van der Waals surface area contributed by atoms with Crippen LogP contribution in [0.15, 0.2) is 47.2 Å². The predicted octanol–water partition coefficient (Wildman–Crippen LogP) is 2.38. The predicted molar refractivity (Wildman–Crippen MR) is 81.1 cm³/mol. The lowest BCUT2D eigenvalue weighted by molar-refractivity contribution is -0.146. The van der Waals surface area contributed by atoms with Gasteiger partial charge in [-0.25, -0.2) is 0 Å². The molecular formula is C16H16N4O3. The molecule has 0 saturated heterocycles. The normalized spacial score (nSPS) is 10.7. The second kappa shape index (κ2) is 6.87. The van der Waals surface area contributed by atoms with Gasteiger partial charge in [-0.1, -0.05) is 35.5 Å². The minimum Gasteiger partial charge on any atom is -0.455 e. The number of ether oxygens (including phenoxy) is 1. The van der Waals surface area contributed by atoms with E-state index < -0.39 is 0 Å². The van der Waals surface area contributed by atoms with Gasteiger partial charge < -0.3 is 9.26 Å². The molecule has 0 amide bonds. The van der Waals surface area contributed by atoms with Crippen LogP contribution in [-0.4, -0.2) is 25.9 Å². The van der Waals surface area contributed by atoms with Crippen LogP contribution >= 0.6 is 0 Å². The fraction of sp³-hybridized carbons (Fsp3) is 0.250. The van der Waals surface area contributed by atoms with E-state index in [1.54, 1.807) is 10.9 Å². The lowest BCUT2D eigenvalue weighted by Crippen LogP contribution is -2.09. The zero-order valence-corrected chi connectivity index (χ0v) is 12.7. The van der Waals surface area contributed by atoms with E-state index in [4.69, 9.17) is 9.26 Å². The first kappa shape index (κ1) is 15.0. The number of hydrogen-bond acceptors (Lipinski definition) is 6. The number of carbonyl (C=O) groups excluding carboxylic acids is 1. The summed E-state index contributed by atoms with van der Waals surface area (Å²) < 4.78 is 11.9. The van der Waals surface area contributed by atoms with E-state index in [1.165, 1.54) is 0 Å². The van der Waals surface area contributed by atoms with E-state index in [9.17, 15) is 4.79 Å². The molecule has 0 aliphatic rings. The van der Waals surface area contributed by atoms with Crippen LogP contribution < -0.4 is 0 Å². The molecule has 0 aliphatic heterocycles. The van der Waals surface area contributed by atoms with Gasteiger partial charge in [0.25, 0.3) is 5.89 Å². The van der Waals surface area contributed by atoms with E-state index in [0.717, 1.165) is 11.1 Å². The molecule has 0 N–H and O–H groups in total. The summed E-state index contributed by atoms with van der Waals surface area (Å²) in [4.78, 5) is 15.9. The molecule has 0 bridgehead atoms. The molecule has 0 spiro atoms. The molecular weight excluding hydrogens is 296 g/mol. The Hall–Kier alpha value is -2.96. The Morgan fingerprint density at radius 1 is 1.30 bits per heavy atom. The zero-order valence-electron chi connectivity index (χ0n) is 12.7. The first-order valence-electron chi connectivity index (χ1n) is 7.23. The van der Waals surface area contributed by atoms with Crippen molar-refractivity contribution >= 4 is 5.97 Å². The van der Waals surface area contributed by atoms with Crippen molar-refractivity contribution in [3.05, 3.63) is 54.2 Å². The average molecular weight is 312 g/mol. The molecule has 0 fully saturated rings. The number of hydrogen-bond donors (Lipinski definition) is 0. The standard InChI is InChI=1S/C16H16N4O3/c1-12-9-17-20(10-12)8-7-15(21)22-11-14-18-16(19-23-14)13-5-3-2-4-6-13/h2-6,9-10H,7-8,11H2,1H3. The molecule has 118 valence electrons. The lowest BCUT2D eigenvalue weighted by Gasteiger charge is -2.02. The quantitative estimate of drug-likeness (QED) is 0.650. The largest absolute Gasteiger partial charge is 0.455 e. The van der Waals surface area contributed by atoms with Gasteiger partial charge in [-0.3, -0.25) is 9.48 Å². The summed E-state index contributed by atoms with van der Waals surface area (Å²) in [6, 6.07) is 9.46. The number of benzene rings is 1. The summed E-state index contributed by atoms with van der Waals surface area (Å²) >= 11 is 0. The number of carbonyl (C=O) groups is 1. The van der Waals surface area contributed by atoms with Gasteiger partial charge in [-0.05, 0) is 12.5 Å². The van der Waals surface area contributed by atoms with Crippen molar-refractivity contribution < 1.29 is 14.1 Å². The van der Waals surface area contributed by atoms with Gasteiger partial charge in [0.15, 0.2) is 6.61 Å². The van der Waals surface area contributed by atoms with E-state index in [-0.39, 0.29) is 24.9 Å². The third-order valence-electron chi connectivity index (χ3n) is 3.16. The van der Waals surface area contributed by atoms with Gasteiger partial charge in [0, 0.05) is 11.8 Å². The van der Waals surface area contributed by atoms with Gasteiger partial charge in [-0.2, -0.15) is 10.1 Å². The highest BCUT2D eigenvalue weighted by Crippen LogP contribution is 2.15. The van der Waals surface area contributed by atoms with Gasteiger partial charge in [0.1, 0.15) is 0 Å².